The van der Waals surface area contributed by atoms with Crippen molar-refractivity contribution in [3.8, 4) is 6.07 Å². The minimum atomic E-state index is -0.832. The van der Waals surface area contributed by atoms with E-state index in [0.717, 1.165) is 10.5 Å². The largest absolute Gasteiger partial charge is 0.333 e. The number of amides is 1. The van der Waals surface area contributed by atoms with Crippen molar-refractivity contribution in [2.24, 2.45) is 5.92 Å². The molecular formula is C16H23ClN3O+. The van der Waals surface area contributed by atoms with Gasteiger partial charge in [0.15, 0.2) is 6.54 Å². The number of nitriles is 1. The van der Waals surface area contributed by atoms with Gasteiger partial charge in [-0.15, -0.1) is 0 Å². The molecule has 0 fully saturated rings. The van der Waals surface area contributed by atoms with Crippen LogP contribution in [0, 0.1) is 17.2 Å². The van der Waals surface area contributed by atoms with Crippen molar-refractivity contribution in [3.05, 3.63) is 34.9 Å². The second kappa shape index (κ2) is 7.44. The van der Waals surface area contributed by atoms with E-state index in [0.29, 0.717) is 18.1 Å². The second-order valence-corrected chi connectivity index (χ2v) is 6.33. The summed E-state index contributed by atoms with van der Waals surface area (Å²) in [6.45, 7) is 6.56. The van der Waals surface area contributed by atoms with Crippen LogP contribution in [0.4, 0.5) is 0 Å². The maximum atomic E-state index is 12.1. The number of benzene rings is 1. The molecule has 2 N–H and O–H groups in total. The van der Waals surface area contributed by atoms with Crippen LogP contribution in [0.25, 0.3) is 0 Å². The predicted molar refractivity (Wildman–Crippen MR) is 83.9 cm³/mol. The molecule has 1 aromatic rings. The fourth-order valence-corrected chi connectivity index (χ4v) is 2.14. The van der Waals surface area contributed by atoms with Crippen molar-refractivity contribution >= 4 is 17.5 Å². The van der Waals surface area contributed by atoms with Gasteiger partial charge in [-0.3, -0.25) is 4.79 Å². The highest BCUT2D eigenvalue weighted by molar-refractivity contribution is 6.31. The number of carbonyl (C=O) groups is 1. The number of likely N-dealkylation sites (N-methyl/N-ethyl adjacent to an activating group) is 1. The van der Waals surface area contributed by atoms with Crippen molar-refractivity contribution in [3.63, 3.8) is 0 Å². The van der Waals surface area contributed by atoms with Crippen LogP contribution in [0.1, 0.15) is 26.3 Å². The predicted octanol–water partition coefficient (Wildman–Crippen LogP) is 1.41. The van der Waals surface area contributed by atoms with E-state index in [4.69, 9.17) is 11.6 Å². The second-order valence-electron chi connectivity index (χ2n) is 5.92. The number of nitrogens with zero attached hydrogens (tertiary/aromatic N) is 1. The van der Waals surface area contributed by atoms with Crippen LogP contribution in [0.2, 0.25) is 5.02 Å². The first-order valence-electron chi connectivity index (χ1n) is 7.05. The van der Waals surface area contributed by atoms with E-state index in [2.05, 4.69) is 11.4 Å². The Morgan fingerprint density at radius 1 is 1.48 bits per heavy atom. The average molecular weight is 309 g/mol. The topological polar surface area (TPSA) is 57.3 Å². The molecule has 0 heterocycles. The molecule has 1 amide bonds. The first-order chi connectivity index (χ1) is 9.78. The van der Waals surface area contributed by atoms with Crippen molar-refractivity contribution in [2.45, 2.75) is 32.9 Å². The van der Waals surface area contributed by atoms with E-state index in [1.807, 2.05) is 45.2 Å². The van der Waals surface area contributed by atoms with Gasteiger partial charge in [0.1, 0.15) is 12.1 Å². The van der Waals surface area contributed by atoms with Gasteiger partial charge in [0.05, 0.1) is 13.1 Å². The summed E-state index contributed by atoms with van der Waals surface area (Å²) in [5, 5.41) is 12.8. The third kappa shape index (κ3) is 5.04. The Hall–Kier alpha value is -1.57. The molecule has 1 aromatic carbocycles. The summed E-state index contributed by atoms with van der Waals surface area (Å²) in [5.41, 5.74) is 0.179. The number of hydrogen-bond acceptors (Lipinski definition) is 2. The van der Waals surface area contributed by atoms with Gasteiger partial charge < -0.3 is 10.2 Å². The van der Waals surface area contributed by atoms with Crippen LogP contribution in [0.15, 0.2) is 24.3 Å². The fourth-order valence-electron chi connectivity index (χ4n) is 1.94. The fraction of sp³-hybridized carbons (Fsp3) is 0.500. The van der Waals surface area contributed by atoms with Gasteiger partial charge in [-0.25, -0.2) is 0 Å². The standard InChI is InChI=1S/C16H22ClN3O/c1-12(2)16(3,11-18)19-15(21)10-20(4)9-13-7-5-6-8-14(13)17/h5-8,12H,9-10H2,1-4H3,(H,19,21)/p+1/t16-/m1/s1. The number of carbonyl (C=O) groups excluding carboxylic acids is 1. The third-order valence-corrected chi connectivity index (χ3v) is 4.07. The van der Waals surface area contributed by atoms with Crippen molar-refractivity contribution < 1.29 is 9.69 Å². The molecule has 1 rings (SSSR count). The van der Waals surface area contributed by atoms with Crippen LogP contribution in [0.3, 0.4) is 0 Å². The maximum Gasteiger partial charge on any atom is 0.276 e. The normalized spacial score (nSPS) is 15.1. The Kier molecular flexibility index (Phi) is 6.19. The zero-order valence-corrected chi connectivity index (χ0v) is 13.8. The molecule has 4 nitrogen and oxygen atoms in total. The Balaban J connectivity index is 2.59. The smallest absolute Gasteiger partial charge is 0.276 e. The molecule has 0 saturated carbocycles. The summed E-state index contributed by atoms with van der Waals surface area (Å²) < 4.78 is 0. The Morgan fingerprint density at radius 2 is 2.10 bits per heavy atom. The van der Waals surface area contributed by atoms with E-state index in [-0.39, 0.29) is 11.8 Å². The van der Waals surface area contributed by atoms with Crippen LogP contribution in [0.5, 0.6) is 0 Å². The van der Waals surface area contributed by atoms with Crippen LogP contribution in [-0.2, 0) is 11.3 Å². The Labute approximate surface area is 131 Å². The molecule has 0 radical (unpaired) electrons. The summed E-state index contributed by atoms with van der Waals surface area (Å²) in [5.74, 6) is -0.0763. The number of nitrogens with one attached hydrogen (secondary N) is 2. The zero-order valence-electron chi connectivity index (χ0n) is 13.0. The summed E-state index contributed by atoms with van der Waals surface area (Å²) in [7, 11) is 1.93. The van der Waals surface area contributed by atoms with Gasteiger partial charge in [0, 0.05) is 10.6 Å². The zero-order chi connectivity index (χ0) is 16.0. The number of hydrogen-bond donors (Lipinski definition) is 2. The Bertz CT molecular complexity index is 539. The highest BCUT2D eigenvalue weighted by atomic mass is 35.5. The van der Waals surface area contributed by atoms with Gasteiger partial charge in [-0.1, -0.05) is 43.6 Å². The van der Waals surface area contributed by atoms with Gasteiger partial charge >= 0.3 is 0 Å². The number of quaternary nitrogens is 1. The highest BCUT2D eigenvalue weighted by Gasteiger charge is 2.30. The Morgan fingerprint density at radius 3 is 2.62 bits per heavy atom. The lowest BCUT2D eigenvalue weighted by molar-refractivity contribution is -0.885. The molecule has 0 aliphatic rings. The van der Waals surface area contributed by atoms with Gasteiger partial charge in [-0.05, 0) is 18.9 Å². The van der Waals surface area contributed by atoms with Gasteiger partial charge in [0.2, 0.25) is 0 Å². The first kappa shape index (κ1) is 17.5. The molecule has 0 aromatic heterocycles. The summed E-state index contributed by atoms with van der Waals surface area (Å²) in [6.07, 6.45) is 0. The molecule has 2 atom stereocenters. The lowest BCUT2D eigenvalue weighted by Crippen LogP contribution is -3.09. The van der Waals surface area contributed by atoms with Gasteiger partial charge in [0.25, 0.3) is 5.91 Å². The molecule has 5 heteroatoms. The third-order valence-electron chi connectivity index (χ3n) is 3.70. The van der Waals surface area contributed by atoms with Crippen LogP contribution < -0.4 is 10.2 Å². The quantitative estimate of drug-likeness (QED) is 0.835. The summed E-state index contributed by atoms with van der Waals surface area (Å²) in [4.78, 5) is 13.1. The van der Waals surface area contributed by atoms with Crippen molar-refractivity contribution in [1.82, 2.24) is 5.32 Å². The SMILES string of the molecule is CC(C)[C@@](C)(C#N)NC(=O)C[NH+](C)Cc1ccccc1Cl. The minimum Gasteiger partial charge on any atom is -0.333 e. The monoisotopic (exact) mass is 308 g/mol. The minimum absolute atomic E-state index is 0.0512. The lowest BCUT2D eigenvalue weighted by atomic mass is 9.90. The molecule has 0 aliphatic heterocycles. The highest BCUT2D eigenvalue weighted by Crippen LogP contribution is 2.15. The summed E-state index contributed by atoms with van der Waals surface area (Å²) >= 11 is 6.12. The molecule has 114 valence electrons. The first-order valence-corrected chi connectivity index (χ1v) is 7.43. The van der Waals surface area contributed by atoms with E-state index in [1.165, 1.54) is 0 Å². The van der Waals surface area contributed by atoms with E-state index in [9.17, 15) is 10.1 Å². The maximum absolute atomic E-state index is 12.1. The van der Waals surface area contributed by atoms with Crippen LogP contribution >= 0.6 is 11.6 Å². The van der Waals surface area contributed by atoms with E-state index >= 15 is 0 Å². The van der Waals surface area contributed by atoms with Gasteiger partial charge in [-0.2, -0.15) is 5.26 Å². The molecule has 0 saturated heterocycles. The van der Waals surface area contributed by atoms with Crippen molar-refractivity contribution in [1.29, 1.82) is 5.26 Å². The van der Waals surface area contributed by atoms with Crippen molar-refractivity contribution in [2.75, 3.05) is 13.6 Å². The van der Waals surface area contributed by atoms with Crippen LogP contribution in [-0.4, -0.2) is 25.0 Å². The summed E-state index contributed by atoms with van der Waals surface area (Å²) in [6, 6.07) is 9.79. The van der Waals surface area contributed by atoms with E-state index < -0.39 is 5.54 Å². The number of halogens is 1. The molecule has 21 heavy (non-hydrogen) atoms. The average Bonchev–Trinajstić information content (AvgIpc) is 2.40. The molecular weight excluding hydrogens is 286 g/mol. The molecule has 0 aliphatic carbocycles. The lowest BCUT2D eigenvalue weighted by Gasteiger charge is -2.27. The molecule has 1 unspecified atom stereocenters. The van der Waals surface area contributed by atoms with E-state index in [1.54, 1.807) is 6.92 Å². The number of rotatable bonds is 6. The molecule has 0 bridgehead atoms. The molecule has 0 spiro atoms.